The Morgan fingerprint density at radius 2 is 2.12 bits per heavy atom. The molecule has 0 unspecified atom stereocenters. The highest BCUT2D eigenvalue weighted by atomic mass is 35.5. The highest BCUT2D eigenvalue weighted by Crippen LogP contribution is 2.47. The van der Waals surface area contributed by atoms with Crippen LogP contribution >= 0.6 is 22.9 Å². The molecule has 0 atom stereocenters. The number of hydrogen-bond acceptors (Lipinski definition) is 4. The molecule has 17 heavy (non-hydrogen) atoms. The number of thiazole rings is 1. The molecule has 1 aliphatic heterocycles. The number of rotatable bonds is 2. The predicted octanol–water partition coefficient (Wildman–Crippen LogP) is 3.06. The molecular weight excluding hydrogens is 256 g/mol. The lowest BCUT2D eigenvalue weighted by Gasteiger charge is -2.22. The first-order valence-corrected chi connectivity index (χ1v) is 7.43. The summed E-state index contributed by atoms with van der Waals surface area (Å²) in [6, 6.07) is 0. The summed E-state index contributed by atoms with van der Waals surface area (Å²) in [5.41, 5.74) is 0.553. The Morgan fingerprint density at radius 1 is 1.35 bits per heavy atom. The van der Waals surface area contributed by atoms with Crippen molar-refractivity contribution in [3.05, 3.63) is 10.0 Å². The number of aliphatic hydroxyl groups is 1. The first-order chi connectivity index (χ1) is 8.22. The van der Waals surface area contributed by atoms with Gasteiger partial charge in [-0.1, -0.05) is 35.8 Å². The zero-order valence-electron chi connectivity index (χ0n) is 9.78. The smallest absolute Gasteiger partial charge is 0.187 e. The van der Waals surface area contributed by atoms with Gasteiger partial charge in [0.05, 0.1) is 11.5 Å². The van der Waals surface area contributed by atoms with Crippen LogP contribution < -0.4 is 4.90 Å². The summed E-state index contributed by atoms with van der Waals surface area (Å²) in [6.45, 7) is 2.21. The molecule has 0 radical (unpaired) electrons. The summed E-state index contributed by atoms with van der Waals surface area (Å²) in [6.07, 6.45) is 6.80. The number of hydrogen-bond donors (Lipinski definition) is 1. The second-order valence-electron chi connectivity index (χ2n) is 5.25. The third-order valence-electron chi connectivity index (χ3n) is 4.16. The van der Waals surface area contributed by atoms with Gasteiger partial charge in [0.1, 0.15) is 5.15 Å². The molecule has 1 aromatic rings. The highest BCUT2D eigenvalue weighted by Gasteiger charge is 2.41. The van der Waals surface area contributed by atoms with Crippen molar-refractivity contribution >= 4 is 28.1 Å². The van der Waals surface area contributed by atoms with E-state index in [2.05, 4.69) is 9.88 Å². The van der Waals surface area contributed by atoms with Gasteiger partial charge in [0.15, 0.2) is 5.13 Å². The lowest BCUT2D eigenvalue weighted by atomic mass is 9.86. The van der Waals surface area contributed by atoms with Gasteiger partial charge in [-0.2, -0.15) is 0 Å². The molecule has 0 amide bonds. The van der Waals surface area contributed by atoms with Crippen molar-refractivity contribution < 1.29 is 5.11 Å². The molecular formula is C12H17ClN2OS. The monoisotopic (exact) mass is 272 g/mol. The molecule has 94 valence electrons. The Labute approximate surface area is 110 Å². The second-order valence-corrected chi connectivity index (χ2v) is 6.67. The van der Waals surface area contributed by atoms with Crippen molar-refractivity contribution in [2.75, 3.05) is 18.0 Å². The van der Waals surface area contributed by atoms with Crippen molar-refractivity contribution in [2.45, 2.75) is 38.7 Å². The van der Waals surface area contributed by atoms with Gasteiger partial charge in [-0.3, -0.25) is 0 Å². The Hall–Kier alpha value is -0.320. The Morgan fingerprint density at radius 3 is 2.76 bits per heavy atom. The Kier molecular flexibility index (Phi) is 3.05. The molecule has 1 spiro atoms. The molecule has 2 fully saturated rings. The van der Waals surface area contributed by atoms with E-state index in [4.69, 9.17) is 16.7 Å². The lowest BCUT2D eigenvalue weighted by Crippen LogP contribution is -2.24. The lowest BCUT2D eigenvalue weighted by molar-refractivity contribution is 0.285. The first-order valence-electron chi connectivity index (χ1n) is 6.23. The Balaban J connectivity index is 1.77. The van der Waals surface area contributed by atoms with E-state index >= 15 is 0 Å². The Bertz CT molecular complexity index is 415. The number of anilines is 1. The third-order valence-corrected chi connectivity index (χ3v) is 5.68. The van der Waals surface area contributed by atoms with Crippen molar-refractivity contribution in [3.8, 4) is 0 Å². The molecule has 0 bridgehead atoms. The quantitative estimate of drug-likeness (QED) is 0.899. The predicted molar refractivity (Wildman–Crippen MR) is 70.8 cm³/mol. The molecule has 1 saturated carbocycles. The highest BCUT2D eigenvalue weighted by molar-refractivity contribution is 7.16. The van der Waals surface area contributed by atoms with Crippen LogP contribution in [-0.4, -0.2) is 23.2 Å². The number of halogens is 1. The molecule has 1 aliphatic carbocycles. The maximum absolute atomic E-state index is 9.15. The van der Waals surface area contributed by atoms with Gasteiger partial charge < -0.3 is 10.0 Å². The van der Waals surface area contributed by atoms with E-state index in [1.807, 2.05) is 0 Å². The molecule has 3 nitrogen and oxygen atoms in total. The van der Waals surface area contributed by atoms with Gasteiger partial charge in [-0.15, -0.1) is 0 Å². The summed E-state index contributed by atoms with van der Waals surface area (Å²) < 4.78 is 0. The molecule has 5 heteroatoms. The minimum Gasteiger partial charge on any atom is -0.391 e. The van der Waals surface area contributed by atoms with Crippen LogP contribution in [0.3, 0.4) is 0 Å². The van der Waals surface area contributed by atoms with Crippen molar-refractivity contribution in [1.82, 2.24) is 4.98 Å². The number of nitrogens with zero attached hydrogens (tertiary/aromatic N) is 2. The summed E-state index contributed by atoms with van der Waals surface area (Å²) in [7, 11) is 0. The van der Waals surface area contributed by atoms with E-state index < -0.39 is 0 Å². The van der Waals surface area contributed by atoms with Crippen LogP contribution in [-0.2, 0) is 6.61 Å². The summed E-state index contributed by atoms with van der Waals surface area (Å²) in [4.78, 5) is 7.50. The van der Waals surface area contributed by atoms with E-state index in [-0.39, 0.29) is 6.61 Å². The zero-order valence-corrected chi connectivity index (χ0v) is 11.4. The summed E-state index contributed by atoms with van der Waals surface area (Å²) in [5.74, 6) is 0. The van der Waals surface area contributed by atoms with E-state index in [9.17, 15) is 0 Å². The van der Waals surface area contributed by atoms with Gasteiger partial charge >= 0.3 is 0 Å². The van der Waals surface area contributed by atoms with E-state index in [0.717, 1.165) is 23.1 Å². The fourth-order valence-corrected chi connectivity index (χ4v) is 4.33. The molecule has 3 rings (SSSR count). The largest absolute Gasteiger partial charge is 0.391 e. The zero-order chi connectivity index (χ0) is 11.9. The molecule has 2 aliphatic rings. The average molecular weight is 273 g/mol. The van der Waals surface area contributed by atoms with Crippen LogP contribution in [0.1, 0.15) is 37.0 Å². The van der Waals surface area contributed by atoms with Gasteiger partial charge in [0.25, 0.3) is 0 Å². The van der Waals surface area contributed by atoms with Crippen LogP contribution in [0, 0.1) is 5.41 Å². The van der Waals surface area contributed by atoms with Crippen molar-refractivity contribution in [2.24, 2.45) is 5.41 Å². The molecule has 1 N–H and O–H groups in total. The maximum Gasteiger partial charge on any atom is 0.187 e. The second kappa shape index (κ2) is 4.41. The minimum absolute atomic E-state index is 0.00448. The van der Waals surface area contributed by atoms with Crippen LogP contribution in [0.2, 0.25) is 5.15 Å². The summed E-state index contributed by atoms with van der Waals surface area (Å²) >= 11 is 7.52. The standard InChI is InChI=1S/C12H17ClN2OS/c13-10-9(7-16)17-11(14-10)15-6-5-12(8-15)3-1-2-4-12/h16H,1-8H2. The van der Waals surface area contributed by atoms with Crippen LogP contribution in [0.4, 0.5) is 5.13 Å². The fraction of sp³-hybridized carbons (Fsp3) is 0.750. The summed E-state index contributed by atoms with van der Waals surface area (Å²) in [5, 5.41) is 10.6. The fourth-order valence-electron chi connectivity index (χ4n) is 3.19. The number of aromatic nitrogens is 1. The normalized spacial score (nSPS) is 22.8. The van der Waals surface area contributed by atoms with Gasteiger partial charge in [0.2, 0.25) is 0 Å². The molecule has 2 heterocycles. The van der Waals surface area contributed by atoms with E-state index in [0.29, 0.717) is 10.6 Å². The van der Waals surface area contributed by atoms with Crippen LogP contribution in [0.15, 0.2) is 0 Å². The third kappa shape index (κ3) is 2.07. The van der Waals surface area contributed by atoms with Gasteiger partial charge in [0, 0.05) is 13.1 Å². The SMILES string of the molecule is OCc1sc(N2CCC3(CCCC3)C2)nc1Cl. The first kappa shape index (κ1) is 11.8. The molecule has 0 aromatic carbocycles. The van der Waals surface area contributed by atoms with Crippen molar-refractivity contribution in [1.29, 1.82) is 0 Å². The van der Waals surface area contributed by atoms with Crippen molar-refractivity contribution in [3.63, 3.8) is 0 Å². The maximum atomic E-state index is 9.15. The number of aliphatic hydroxyl groups excluding tert-OH is 1. The molecule has 1 saturated heterocycles. The van der Waals surface area contributed by atoms with E-state index in [1.165, 1.54) is 43.4 Å². The van der Waals surface area contributed by atoms with Gasteiger partial charge in [-0.05, 0) is 24.7 Å². The molecule has 1 aromatic heterocycles. The van der Waals surface area contributed by atoms with Gasteiger partial charge in [-0.25, -0.2) is 4.98 Å². The van der Waals surface area contributed by atoms with Crippen LogP contribution in [0.5, 0.6) is 0 Å². The average Bonchev–Trinajstić information content (AvgIpc) is 3.01. The van der Waals surface area contributed by atoms with Crippen LogP contribution in [0.25, 0.3) is 0 Å². The van der Waals surface area contributed by atoms with E-state index in [1.54, 1.807) is 0 Å². The topological polar surface area (TPSA) is 36.4 Å². The minimum atomic E-state index is -0.00448.